The number of rotatable bonds is 2. The summed E-state index contributed by atoms with van der Waals surface area (Å²) in [6.07, 6.45) is 2.51. The van der Waals surface area contributed by atoms with Crippen molar-refractivity contribution in [3.8, 4) is 0 Å². The molecule has 1 aliphatic heterocycles. The molecule has 0 spiro atoms. The van der Waals surface area contributed by atoms with E-state index >= 15 is 0 Å². The quantitative estimate of drug-likeness (QED) is 0.725. The van der Waals surface area contributed by atoms with Crippen LogP contribution < -0.4 is 4.90 Å². The van der Waals surface area contributed by atoms with Crippen LogP contribution in [0.15, 0.2) is 24.3 Å². The second-order valence-electron chi connectivity index (χ2n) is 4.22. The Kier molecular flexibility index (Phi) is 3.49. The Hall–Kier alpha value is -1.02. The van der Waals surface area contributed by atoms with Crippen LogP contribution in [0.1, 0.15) is 25.3 Å². The van der Waals surface area contributed by atoms with E-state index in [0.717, 1.165) is 18.5 Å². The Labute approximate surface area is 101 Å². The number of carbonyl (C=O) groups is 1. The van der Waals surface area contributed by atoms with E-state index in [1.54, 1.807) is 0 Å². The van der Waals surface area contributed by atoms with Gasteiger partial charge in [-0.25, -0.2) is 0 Å². The predicted molar refractivity (Wildman–Crippen MR) is 67.0 cm³/mol. The number of anilines is 1. The third kappa shape index (κ3) is 2.07. The summed E-state index contributed by atoms with van der Waals surface area (Å²) in [6.45, 7) is 2.10. The molecule has 0 saturated heterocycles. The van der Waals surface area contributed by atoms with E-state index in [2.05, 4.69) is 13.0 Å². The van der Waals surface area contributed by atoms with E-state index < -0.39 is 0 Å². The van der Waals surface area contributed by atoms with Gasteiger partial charge >= 0.3 is 0 Å². The van der Waals surface area contributed by atoms with E-state index in [9.17, 15) is 4.79 Å². The lowest BCUT2D eigenvalue weighted by Crippen LogP contribution is -2.42. The molecule has 3 heteroatoms. The van der Waals surface area contributed by atoms with Crippen molar-refractivity contribution >= 4 is 23.2 Å². The van der Waals surface area contributed by atoms with Crippen LogP contribution in [-0.2, 0) is 11.2 Å². The second kappa shape index (κ2) is 4.88. The summed E-state index contributed by atoms with van der Waals surface area (Å²) in [5, 5.41) is 0. The number of alkyl halides is 1. The topological polar surface area (TPSA) is 20.3 Å². The first kappa shape index (κ1) is 11.5. The van der Waals surface area contributed by atoms with E-state index in [1.165, 1.54) is 5.56 Å². The van der Waals surface area contributed by atoms with Crippen molar-refractivity contribution in [1.82, 2.24) is 0 Å². The van der Waals surface area contributed by atoms with Gasteiger partial charge in [-0.05, 0) is 31.4 Å². The van der Waals surface area contributed by atoms with Crippen molar-refractivity contribution in [3.05, 3.63) is 29.8 Å². The van der Waals surface area contributed by atoms with Gasteiger partial charge in [0.15, 0.2) is 0 Å². The molecule has 0 fully saturated rings. The minimum atomic E-state index is 0.134. The zero-order valence-corrected chi connectivity index (χ0v) is 10.2. The first-order valence-electron chi connectivity index (χ1n) is 5.70. The Balaban J connectivity index is 2.33. The summed E-state index contributed by atoms with van der Waals surface area (Å²) in [5.41, 5.74) is 2.33. The highest BCUT2D eigenvalue weighted by Crippen LogP contribution is 2.30. The number of halogens is 1. The predicted octanol–water partition coefficient (Wildman–Crippen LogP) is 2.98. The van der Waals surface area contributed by atoms with Crippen molar-refractivity contribution < 1.29 is 4.79 Å². The molecule has 1 aromatic carbocycles. The summed E-state index contributed by atoms with van der Waals surface area (Å²) >= 11 is 5.64. The number of hydrogen-bond donors (Lipinski definition) is 0. The SMILES string of the molecule is CC1CCc2ccccc2N1C(=O)CCCl. The van der Waals surface area contributed by atoms with E-state index in [-0.39, 0.29) is 11.9 Å². The summed E-state index contributed by atoms with van der Waals surface area (Å²) in [5.74, 6) is 0.527. The highest BCUT2D eigenvalue weighted by molar-refractivity contribution is 6.19. The summed E-state index contributed by atoms with van der Waals surface area (Å²) in [4.78, 5) is 13.9. The number of fused-ring (bicyclic) bond motifs is 1. The fraction of sp³-hybridized carbons (Fsp3) is 0.462. The van der Waals surface area contributed by atoms with Gasteiger partial charge in [0.1, 0.15) is 0 Å². The Bertz CT molecular complexity index is 391. The van der Waals surface area contributed by atoms with Crippen LogP contribution >= 0.6 is 11.6 Å². The molecule has 16 heavy (non-hydrogen) atoms. The van der Waals surface area contributed by atoms with Crippen molar-refractivity contribution in [1.29, 1.82) is 0 Å². The van der Waals surface area contributed by atoms with Gasteiger partial charge < -0.3 is 4.90 Å². The molecular weight excluding hydrogens is 222 g/mol. The minimum absolute atomic E-state index is 0.134. The molecule has 2 nitrogen and oxygen atoms in total. The molecular formula is C13H16ClNO. The normalized spacial score (nSPS) is 19.4. The van der Waals surface area contributed by atoms with Crippen molar-refractivity contribution in [2.24, 2.45) is 0 Å². The summed E-state index contributed by atoms with van der Waals surface area (Å²) in [7, 11) is 0. The van der Waals surface area contributed by atoms with Crippen LogP contribution in [0.5, 0.6) is 0 Å². The molecule has 0 bridgehead atoms. The van der Waals surface area contributed by atoms with E-state index in [4.69, 9.17) is 11.6 Å². The second-order valence-corrected chi connectivity index (χ2v) is 4.60. The van der Waals surface area contributed by atoms with Gasteiger partial charge in [-0.1, -0.05) is 18.2 Å². The summed E-state index contributed by atoms with van der Waals surface area (Å²) < 4.78 is 0. The van der Waals surface area contributed by atoms with Gasteiger partial charge in [0.05, 0.1) is 0 Å². The van der Waals surface area contributed by atoms with Crippen LogP contribution in [0, 0.1) is 0 Å². The zero-order chi connectivity index (χ0) is 11.5. The van der Waals surface area contributed by atoms with E-state index in [0.29, 0.717) is 12.3 Å². The van der Waals surface area contributed by atoms with Gasteiger partial charge in [0, 0.05) is 24.0 Å². The average molecular weight is 238 g/mol. The maximum Gasteiger partial charge on any atom is 0.228 e. The lowest BCUT2D eigenvalue weighted by molar-refractivity contribution is -0.118. The van der Waals surface area contributed by atoms with Crippen LogP contribution in [0.2, 0.25) is 0 Å². The van der Waals surface area contributed by atoms with Crippen LogP contribution in [0.3, 0.4) is 0 Å². The van der Waals surface area contributed by atoms with E-state index in [1.807, 2.05) is 23.1 Å². The number of benzene rings is 1. The lowest BCUT2D eigenvalue weighted by atomic mass is 9.96. The first-order valence-corrected chi connectivity index (χ1v) is 6.23. The molecule has 1 atom stereocenters. The van der Waals surface area contributed by atoms with Crippen molar-refractivity contribution in [3.63, 3.8) is 0 Å². The highest BCUT2D eigenvalue weighted by atomic mass is 35.5. The molecule has 1 heterocycles. The molecule has 0 N–H and O–H groups in total. The molecule has 0 aromatic heterocycles. The molecule has 1 amide bonds. The molecule has 1 aromatic rings. The number of para-hydroxylation sites is 1. The third-order valence-corrected chi connectivity index (χ3v) is 3.29. The number of nitrogens with zero attached hydrogens (tertiary/aromatic N) is 1. The first-order chi connectivity index (χ1) is 7.74. The standard InChI is InChI=1S/C13H16ClNO/c1-10-6-7-11-4-2-3-5-12(11)15(10)13(16)8-9-14/h2-5,10H,6-9H2,1H3. The van der Waals surface area contributed by atoms with Crippen LogP contribution in [0.25, 0.3) is 0 Å². The number of hydrogen-bond acceptors (Lipinski definition) is 1. The maximum absolute atomic E-state index is 12.0. The number of aryl methyl sites for hydroxylation is 1. The van der Waals surface area contributed by atoms with Crippen LogP contribution in [0.4, 0.5) is 5.69 Å². The molecule has 2 rings (SSSR count). The Morgan fingerprint density at radius 1 is 1.50 bits per heavy atom. The maximum atomic E-state index is 12.0. The monoisotopic (exact) mass is 237 g/mol. The van der Waals surface area contributed by atoms with Gasteiger partial charge in [0.2, 0.25) is 5.91 Å². The average Bonchev–Trinajstić information content (AvgIpc) is 2.29. The number of amides is 1. The largest absolute Gasteiger partial charge is 0.309 e. The fourth-order valence-corrected chi connectivity index (χ4v) is 2.43. The smallest absolute Gasteiger partial charge is 0.228 e. The molecule has 0 radical (unpaired) electrons. The molecule has 1 unspecified atom stereocenters. The fourth-order valence-electron chi connectivity index (χ4n) is 2.27. The molecule has 1 aliphatic rings. The minimum Gasteiger partial charge on any atom is -0.309 e. The van der Waals surface area contributed by atoms with Gasteiger partial charge in [-0.15, -0.1) is 11.6 Å². The van der Waals surface area contributed by atoms with Crippen molar-refractivity contribution in [2.45, 2.75) is 32.2 Å². The highest BCUT2D eigenvalue weighted by Gasteiger charge is 2.27. The lowest BCUT2D eigenvalue weighted by Gasteiger charge is -2.35. The zero-order valence-electron chi connectivity index (χ0n) is 9.45. The molecule has 86 valence electrons. The van der Waals surface area contributed by atoms with Crippen LogP contribution in [-0.4, -0.2) is 17.8 Å². The number of carbonyl (C=O) groups excluding carboxylic acids is 1. The third-order valence-electron chi connectivity index (χ3n) is 3.10. The van der Waals surface area contributed by atoms with Crippen molar-refractivity contribution in [2.75, 3.05) is 10.8 Å². The van der Waals surface area contributed by atoms with Gasteiger partial charge in [0.25, 0.3) is 0 Å². The Morgan fingerprint density at radius 2 is 2.25 bits per heavy atom. The molecule has 0 saturated carbocycles. The molecule has 0 aliphatic carbocycles. The van der Waals surface area contributed by atoms with Gasteiger partial charge in [-0.3, -0.25) is 4.79 Å². The van der Waals surface area contributed by atoms with Gasteiger partial charge in [-0.2, -0.15) is 0 Å². The summed E-state index contributed by atoms with van der Waals surface area (Å²) in [6, 6.07) is 8.42. The Morgan fingerprint density at radius 3 is 3.00 bits per heavy atom.